The first kappa shape index (κ1) is 21.8. The number of aliphatic imine (C=N–C) groups is 1. The minimum Gasteiger partial charge on any atom is -0.375 e. The average Bonchev–Trinajstić information content (AvgIpc) is 2.48. The summed E-state index contributed by atoms with van der Waals surface area (Å²) in [5.41, 5.74) is 1.04. The number of hydrogen-bond donors (Lipinski definition) is 2. The van der Waals surface area contributed by atoms with Crippen molar-refractivity contribution in [2.75, 3.05) is 38.8 Å². The molecule has 1 rings (SSSR count). The summed E-state index contributed by atoms with van der Waals surface area (Å²) >= 11 is 7.83. The van der Waals surface area contributed by atoms with Gasteiger partial charge in [-0.15, -0.1) is 24.0 Å². The summed E-state index contributed by atoms with van der Waals surface area (Å²) in [4.78, 5) is 4.58. The van der Waals surface area contributed by atoms with Crippen molar-refractivity contribution < 1.29 is 4.74 Å². The molecule has 22 heavy (non-hydrogen) atoms. The molecule has 0 saturated carbocycles. The first-order valence-electron chi connectivity index (χ1n) is 7.00. The smallest absolute Gasteiger partial charge is 0.191 e. The number of methoxy groups -OCH3 is 1. The molecule has 1 aromatic rings. The Balaban J connectivity index is 0.00000441. The van der Waals surface area contributed by atoms with E-state index in [4.69, 9.17) is 16.3 Å². The van der Waals surface area contributed by atoms with Crippen LogP contribution in [0.15, 0.2) is 29.3 Å². The molecule has 0 aliphatic carbocycles. The molecule has 1 unspecified atom stereocenters. The Kier molecular flexibility index (Phi) is 13.2. The lowest BCUT2D eigenvalue weighted by molar-refractivity contribution is 0.111. The number of hydrogen-bond acceptors (Lipinski definition) is 3. The fourth-order valence-electron chi connectivity index (χ4n) is 1.81. The van der Waals surface area contributed by atoms with E-state index in [1.54, 1.807) is 18.9 Å². The molecule has 4 nitrogen and oxygen atoms in total. The van der Waals surface area contributed by atoms with Crippen molar-refractivity contribution in [2.45, 2.75) is 13.0 Å². The standard InChI is InChI=1S/C15H24ClN3OS.HI/c1-4-17-15(18-8-9-21-3)19-11-14(20-2)12-6-5-7-13(16)10-12;/h5-7,10,14H,4,8-9,11H2,1-3H3,(H2,17,18,19);1H. The van der Waals surface area contributed by atoms with Crippen LogP contribution >= 0.6 is 47.3 Å². The number of thioether (sulfide) groups is 1. The molecule has 0 saturated heterocycles. The normalized spacial score (nSPS) is 12.5. The molecule has 7 heteroatoms. The van der Waals surface area contributed by atoms with E-state index in [-0.39, 0.29) is 30.1 Å². The summed E-state index contributed by atoms with van der Waals surface area (Å²) in [6, 6.07) is 7.70. The van der Waals surface area contributed by atoms with Crippen LogP contribution in [0.25, 0.3) is 0 Å². The van der Waals surface area contributed by atoms with Crippen LogP contribution in [0.4, 0.5) is 0 Å². The van der Waals surface area contributed by atoms with Gasteiger partial charge >= 0.3 is 0 Å². The van der Waals surface area contributed by atoms with E-state index in [0.717, 1.165) is 30.4 Å². The van der Waals surface area contributed by atoms with Gasteiger partial charge in [-0.3, -0.25) is 4.99 Å². The lowest BCUT2D eigenvalue weighted by Gasteiger charge is -2.16. The van der Waals surface area contributed by atoms with Gasteiger partial charge in [-0.05, 0) is 30.9 Å². The molecule has 2 N–H and O–H groups in total. The summed E-state index contributed by atoms with van der Waals surface area (Å²) in [5, 5.41) is 7.24. The Labute approximate surface area is 159 Å². The molecule has 1 atom stereocenters. The highest BCUT2D eigenvalue weighted by Crippen LogP contribution is 2.20. The highest BCUT2D eigenvalue weighted by atomic mass is 127. The number of rotatable bonds is 8. The zero-order valence-corrected chi connectivity index (χ0v) is 17.2. The van der Waals surface area contributed by atoms with Gasteiger partial charge in [0, 0.05) is 31.0 Å². The van der Waals surface area contributed by atoms with Gasteiger partial charge in [0.2, 0.25) is 0 Å². The minimum atomic E-state index is -0.0975. The lowest BCUT2D eigenvalue weighted by Crippen LogP contribution is -2.38. The minimum absolute atomic E-state index is 0. The van der Waals surface area contributed by atoms with Gasteiger partial charge in [-0.25, -0.2) is 0 Å². The molecule has 0 radical (unpaired) electrons. The number of guanidine groups is 1. The van der Waals surface area contributed by atoms with E-state index in [1.165, 1.54) is 0 Å². The zero-order chi connectivity index (χ0) is 15.5. The van der Waals surface area contributed by atoms with Gasteiger partial charge in [0.15, 0.2) is 5.96 Å². The quantitative estimate of drug-likeness (QED) is 0.271. The maximum absolute atomic E-state index is 6.02. The second kappa shape index (κ2) is 13.3. The van der Waals surface area contributed by atoms with Crippen molar-refractivity contribution in [3.05, 3.63) is 34.9 Å². The Bertz CT molecular complexity index is 449. The van der Waals surface area contributed by atoms with Crippen molar-refractivity contribution in [1.29, 1.82) is 0 Å². The van der Waals surface area contributed by atoms with Crippen molar-refractivity contribution in [3.63, 3.8) is 0 Å². The van der Waals surface area contributed by atoms with Crippen molar-refractivity contribution >= 4 is 53.3 Å². The summed E-state index contributed by atoms with van der Waals surface area (Å²) in [6.45, 7) is 4.32. The fraction of sp³-hybridized carbons (Fsp3) is 0.533. The van der Waals surface area contributed by atoms with Crippen LogP contribution in [0.2, 0.25) is 5.02 Å². The maximum atomic E-state index is 6.02. The molecule has 0 amide bonds. The van der Waals surface area contributed by atoms with Gasteiger partial charge in [-0.2, -0.15) is 11.8 Å². The van der Waals surface area contributed by atoms with Crippen LogP contribution in [0, 0.1) is 0 Å². The molecule has 0 aromatic heterocycles. The largest absolute Gasteiger partial charge is 0.375 e. The first-order chi connectivity index (χ1) is 10.2. The molecular formula is C15H25ClIN3OS. The molecule has 0 bridgehead atoms. The second-order valence-corrected chi connectivity index (χ2v) is 5.84. The molecule has 1 aromatic carbocycles. The molecule has 0 heterocycles. The second-order valence-electron chi connectivity index (χ2n) is 4.42. The van der Waals surface area contributed by atoms with Crippen LogP contribution in [-0.4, -0.2) is 44.7 Å². The molecule has 0 aliphatic rings. The van der Waals surface area contributed by atoms with E-state index in [0.29, 0.717) is 11.6 Å². The Morgan fingerprint density at radius 2 is 2.18 bits per heavy atom. The molecule has 0 fully saturated rings. The van der Waals surface area contributed by atoms with Crippen molar-refractivity contribution in [2.24, 2.45) is 4.99 Å². The van der Waals surface area contributed by atoms with Crippen molar-refractivity contribution in [3.8, 4) is 0 Å². The third-order valence-electron chi connectivity index (χ3n) is 2.86. The Morgan fingerprint density at radius 1 is 1.41 bits per heavy atom. The van der Waals surface area contributed by atoms with Gasteiger partial charge in [0.25, 0.3) is 0 Å². The van der Waals surface area contributed by atoms with E-state index in [9.17, 15) is 0 Å². The molecular weight excluding hydrogens is 433 g/mol. The van der Waals surface area contributed by atoms with Crippen LogP contribution in [0.5, 0.6) is 0 Å². The number of ether oxygens (including phenoxy) is 1. The first-order valence-corrected chi connectivity index (χ1v) is 8.77. The van der Waals surface area contributed by atoms with Crippen LogP contribution in [-0.2, 0) is 4.74 Å². The number of nitrogens with zero attached hydrogens (tertiary/aromatic N) is 1. The van der Waals surface area contributed by atoms with Crippen LogP contribution in [0.3, 0.4) is 0 Å². The van der Waals surface area contributed by atoms with E-state index in [1.807, 2.05) is 24.3 Å². The summed E-state index contributed by atoms with van der Waals surface area (Å²) in [6.07, 6.45) is 1.99. The highest BCUT2D eigenvalue weighted by Gasteiger charge is 2.10. The summed E-state index contributed by atoms with van der Waals surface area (Å²) in [7, 11) is 1.69. The predicted molar refractivity (Wildman–Crippen MR) is 109 cm³/mol. The van der Waals surface area contributed by atoms with Gasteiger partial charge in [0.05, 0.1) is 6.54 Å². The third kappa shape index (κ3) is 8.45. The summed E-state index contributed by atoms with van der Waals surface area (Å²) < 4.78 is 5.52. The molecule has 126 valence electrons. The van der Waals surface area contributed by atoms with Crippen LogP contribution in [0.1, 0.15) is 18.6 Å². The highest BCUT2D eigenvalue weighted by molar-refractivity contribution is 14.0. The summed E-state index contributed by atoms with van der Waals surface area (Å²) in [5.74, 6) is 1.86. The predicted octanol–water partition coefficient (Wildman–Crippen LogP) is 3.56. The van der Waals surface area contributed by atoms with E-state index >= 15 is 0 Å². The Morgan fingerprint density at radius 3 is 2.77 bits per heavy atom. The number of nitrogens with one attached hydrogen (secondary N) is 2. The molecule has 0 spiro atoms. The maximum Gasteiger partial charge on any atom is 0.191 e. The molecule has 0 aliphatic heterocycles. The SMILES string of the molecule is CCNC(=NCC(OC)c1cccc(Cl)c1)NCCSC.I. The van der Waals surface area contributed by atoms with Crippen molar-refractivity contribution in [1.82, 2.24) is 10.6 Å². The van der Waals surface area contributed by atoms with Gasteiger partial charge in [0.1, 0.15) is 6.10 Å². The fourth-order valence-corrected chi connectivity index (χ4v) is 2.32. The van der Waals surface area contributed by atoms with Crippen LogP contribution < -0.4 is 10.6 Å². The van der Waals surface area contributed by atoms with E-state index in [2.05, 4.69) is 28.8 Å². The number of benzene rings is 1. The monoisotopic (exact) mass is 457 g/mol. The Hall–Kier alpha value is -0.180. The topological polar surface area (TPSA) is 45.7 Å². The third-order valence-corrected chi connectivity index (χ3v) is 3.71. The average molecular weight is 458 g/mol. The zero-order valence-electron chi connectivity index (χ0n) is 13.3. The van der Waals surface area contributed by atoms with E-state index < -0.39 is 0 Å². The number of halogens is 2. The lowest BCUT2D eigenvalue weighted by atomic mass is 10.1. The van der Waals surface area contributed by atoms with Gasteiger partial charge in [-0.1, -0.05) is 23.7 Å². The van der Waals surface area contributed by atoms with Gasteiger partial charge < -0.3 is 15.4 Å².